The van der Waals surface area contributed by atoms with Gasteiger partial charge in [0.2, 0.25) is 11.8 Å². The highest BCUT2D eigenvalue weighted by molar-refractivity contribution is 8.18. The first-order chi connectivity index (χ1) is 16.5. The molecule has 34 heavy (non-hydrogen) atoms. The molecule has 2 N–H and O–H groups in total. The zero-order valence-electron chi connectivity index (χ0n) is 18.5. The minimum Gasteiger partial charge on any atom is -0.475 e. The molecule has 0 spiro atoms. The Hall–Kier alpha value is -3.64. The lowest BCUT2D eigenvalue weighted by Crippen LogP contribution is -2.50. The Bertz CT molecular complexity index is 1090. The summed E-state index contributed by atoms with van der Waals surface area (Å²) < 4.78 is 10.7. The third-order valence-corrected chi connectivity index (χ3v) is 5.85. The monoisotopic (exact) mass is 484 g/mol. The molecule has 0 aliphatic carbocycles. The van der Waals surface area contributed by atoms with Crippen molar-refractivity contribution in [3.8, 4) is 5.88 Å². The fraction of sp³-hybridized carbons (Fsp3) is 0.318. The number of carbonyl (C=O) groups is 3. The number of aromatic nitrogens is 2. The van der Waals surface area contributed by atoms with Gasteiger partial charge in [-0.2, -0.15) is 4.98 Å². The fourth-order valence-electron chi connectivity index (χ4n) is 3.34. The van der Waals surface area contributed by atoms with Crippen LogP contribution in [0.3, 0.4) is 0 Å². The summed E-state index contributed by atoms with van der Waals surface area (Å²) in [6.07, 6.45) is 1.53. The molecule has 0 atom stereocenters. The van der Waals surface area contributed by atoms with E-state index in [0.717, 1.165) is 17.4 Å². The largest absolute Gasteiger partial charge is 0.475 e. The van der Waals surface area contributed by atoms with Crippen LogP contribution in [0.1, 0.15) is 5.69 Å². The Morgan fingerprint density at radius 2 is 1.91 bits per heavy atom. The maximum Gasteiger partial charge on any atom is 0.321 e. The molecule has 4 rings (SSSR count). The Morgan fingerprint density at radius 3 is 2.59 bits per heavy atom. The predicted octanol–water partition coefficient (Wildman–Crippen LogP) is 2.18. The molecule has 1 aromatic heterocycles. The molecule has 2 fully saturated rings. The molecule has 1 aromatic carbocycles. The quantitative estimate of drug-likeness (QED) is 0.449. The highest BCUT2D eigenvalue weighted by atomic mass is 32.2. The van der Waals surface area contributed by atoms with E-state index in [1.807, 2.05) is 35.2 Å². The molecule has 2 aliphatic heterocycles. The summed E-state index contributed by atoms with van der Waals surface area (Å²) >= 11 is 0.817. The summed E-state index contributed by atoms with van der Waals surface area (Å²) in [5.74, 6) is 0.280. The molecule has 4 amide bonds. The number of thioether (sulfide) groups is 1. The van der Waals surface area contributed by atoms with Crippen molar-refractivity contribution in [1.82, 2.24) is 20.2 Å². The Morgan fingerprint density at radius 1 is 1.15 bits per heavy atom. The number of carbonyl (C=O) groups excluding carboxylic acids is 3. The molecule has 2 aliphatic rings. The molecule has 2 saturated heterocycles. The third kappa shape index (κ3) is 6.02. The minimum atomic E-state index is -0.463. The number of para-hydroxylation sites is 1. The number of amides is 4. The van der Waals surface area contributed by atoms with Gasteiger partial charge in [-0.05, 0) is 30.0 Å². The van der Waals surface area contributed by atoms with Gasteiger partial charge in [-0.3, -0.25) is 14.9 Å². The zero-order chi connectivity index (χ0) is 23.9. The summed E-state index contributed by atoms with van der Waals surface area (Å²) in [6.45, 7) is 2.70. The maximum absolute atomic E-state index is 12.6. The number of imide groups is 1. The normalized spacial score (nSPS) is 17.1. The van der Waals surface area contributed by atoms with Crippen molar-refractivity contribution in [2.75, 3.05) is 56.7 Å². The third-order valence-electron chi connectivity index (χ3n) is 5.04. The van der Waals surface area contributed by atoms with Crippen molar-refractivity contribution in [2.24, 2.45) is 0 Å². The van der Waals surface area contributed by atoms with E-state index in [1.54, 1.807) is 18.1 Å². The summed E-state index contributed by atoms with van der Waals surface area (Å²) in [5.41, 5.74) is 1.18. The minimum absolute atomic E-state index is 0.164. The first kappa shape index (κ1) is 23.5. The molecule has 0 radical (unpaired) electrons. The van der Waals surface area contributed by atoms with Crippen molar-refractivity contribution in [1.29, 1.82) is 0 Å². The van der Waals surface area contributed by atoms with Crippen LogP contribution in [0.15, 0.2) is 41.3 Å². The van der Waals surface area contributed by atoms with Gasteiger partial charge in [0, 0.05) is 45.0 Å². The summed E-state index contributed by atoms with van der Waals surface area (Å²) in [6, 6.07) is 10.7. The first-order valence-electron chi connectivity index (χ1n) is 10.6. The highest BCUT2D eigenvalue weighted by Gasteiger charge is 2.26. The maximum atomic E-state index is 12.6. The standard InChI is InChI=1S/C22H24N6O5S/c1-32-11-12-33-18-14-16(13-17-19(29)26-22(31)34-17)23-20(25-18)27-7-9-28(10-8-27)21(30)24-15-5-3-2-4-6-15/h2-6,13-14H,7-12H2,1H3,(H,24,30)(H,26,29,31)/b17-13-. The number of benzene rings is 1. The van der Waals surface area contributed by atoms with E-state index in [1.165, 1.54) is 6.08 Å². The molecular weight excluding hydrogens is 460 g/mol. The number of hydrogen-bond donors (Lipinski definition) is 2. The van der Waals surface area contributed by atoms with Gasteiger partial charge < -0.3 is 24.6 Å². The SMILES string of the molecule is COCCOc1cc(/C=C2\SC(=O)NC2=O)nc(N2CCN(C(=O)Nc3ccccc3)CC2)n1. The number of hydrogen-bond acceptors (Lipinski definition) is 9. The van der Waals surface area contributed by atoms with E-state index in [2.05, 4.69) is 20.6 Å². The lowest BCUT2D eigenvalue weighted by Gasteiger charge is -2.34. The molecule has 12 heteroatoms. The summed E-state index contributed by atoms with van der Waals surface area (Å²) in [4.78, 5) is 49.0. The van der Waals surface area contributed by atoms with E-state index >= 15 is 0 Å². The molecule has 178 valence electrons. The number of nitrogens with zero attached hydrogens (tertiary/aromatic N) is 4. The van der Waals surface area contributed by atoms with E-state index in [-0.39, 0.29) is 10.9 Å². The molecule has 11 nitrogen and oxygen atoms in total. The van der Waals surface area contributed by atoms with Gasteiger partial charge in [0.25, 0.3) is 11.1 Å². The number of methoxy groups -OCH3 is 1. The number of nitrogens with one attached hydrogen (secondary N) is 2. The van der Waals surface area contributed by atoms with Gasteiger partial charge in [-0.25, -0.2) is 9.78 Å². The first-order valence-corrected chi connectivity index (χ1v) is 11.4. The number of anilines is 2. The van der Waals surface area contributed by atoms with Crippen molar-refractivity contribution in [2.45, 2.75) is 0 Å². The molecule has 3 heterocycles. The van der Waals surface area contributed by atoms with Gasteiger partial charge in [0.05, 0.1) is 17.2 Å². The van der Waals surface area contributed by atoms with E-state index in [4.69, 9.17) is 9.47 Å². The van der Waals surface area contributed by atoms with Gasteiger partial charge in [-0.15, -0.1) is 0 Å². The predicted molar refractivity (Wildman–Crippen MR) is 128 cm³/mol. The van der Waals surface area contributed by atoms with Crippen molar-refractivity contribution in [3.63, 3.8) is 0 Å². The zero-order valence-corrected chi connectivity index (χ0v) is 19.3. The number of rotatable bonds is 7. The summed E-state index contributed by atoms with van der Waals surface area (Å²) in [7, 11) is 1.57. The second-order valence-corrected chi connectivity index (χ2v) is 8.41. The van der Waals surface area contributed by atoms with Crippen molar-refractivity contribution < 1.29 is 23.9 Å². The van der Waals surface area contributed by atoms with Crippen LogP contribution >= 0.6 is 11.8 Å². The molecule has 2 aromatic rings. The van der Waals surface area contributed by atoms with Crippen LogP contribution in [0, 0.1) is 0 Å². The smallest absolute Gasteiger partial charge is 0.321 e. The van der Waals surface area contributed by atoms with Gasteiger partial charge in [0.1, 0.15) is 6.61 Å². The topological polar surface area (TPSA) is 126 Å². The van der Waals surface area contributed by atoms with Crippen LogP contribution in [0.4, 0.5) is 21.2 Å². The molecule has 0 unspecified atom stereocenters. The van der Waals surface area contributed by atoms with Crippen LogP contribution in [0.5, 0.6) is 5.88 Å². The van der Waals surface area contributed by atoms with Crippen molar-refractivity contribution in [3.05, 3.63) is 47.0 Å². The van der Waals surface area contributed by atoms with E-state index in [0.29, 0.717) is 56.9 Å². The highest BCUT2D eigenvalue weighted by Crippen LogP contribution is 2.27. The average molecular weight is 485 g/mol. The number of ether oxygens (including phenoxy) is 2. The molecular formula is C22H24N6O5S. The van der Waals surface area contributed by atoms with Gasteiger partial charge >= 0.3 is 6.03 Å². The van der Waals surface area contributed by atoms with Crippen LogP contribution < -0.4 is 20.3 Å². The number of urea groups is 1. The Kier molecular flexibility index (Phi) is 7.60. The fourth-order valence-corrected chi connectivity index (χ4v) is 4.00. The van der Waals surface area contributed by atoms with E-state index < -0.39 is 11.1 Å². The average Bonchev–Trinajstić information content (AvgIpc) is 3.16. The van der Waals surface area contributed by atoms with Crippen LogP contribution in [0.25, 0.3) is 6.08 Å². The summed E-state index contributed by atoms with van der Waals surface area (Å²) in [5, 5.41) is 4.69. The Labute approximate surface area is 200 Å². The van der Waals surface area contributed by atoms with Crippen molar-refractivity contribution >= 4 is 46.7 Å². The van der Waals surface area contributed by atoms with Crippen LogP contribution in [-0.4, -0.2) is 78.5 Å². The number of piperazine rings is 1. The lowest BCUT2D eigenvalue weighted by atomic mass is 10.3. The van der Waals surface area contributed by atoms with Crippen LogP contribution in [0.2, 0.25) is 0 Å². The molecule has 0 saturated carbocycles. The van der Waals surface area contributed by atoms with Gasteiger partial charge in [0.15, 0.2) is 0 Å². The van der Waals surface area contributed by atoms with Gasteiger partial charge in [-0.1, -0.05) is 18.2 Å². The second-order valence-electron chi connectivity index (χ2n) is 7.39. The Balaban J connectivity index is 1.46. The van der Waals surface area contributed by atoms with Crippen LogP contribution in [-0.2, 0) is 9.53 Å². The second kappa shape index (κ2) is 11.0. The molecule has 0 bridgehead atoms. The van der Waals surface area contributed by atoms with E-state index in [9.17, 15) is 14.4 Å². The lowest BCUT2D eigenvalue weighted by molar-refractivity contribution is -0.115.